The Bertz CT molecular complexity index is 910. The summed E-state index contributed by atoms with van der Waals surface area (Å²) in [5.74, 6) is 1.10. The zero-order valence-electron chi connectivity index (χ0n) is 16.8. The topological polar surface area (TPSA) is 39.6 Å². The highest BCUT2D eigenvalue weighted by Crippen LogP contribution is 2.30. The van der Waals surface area contributed by atoms with E-state index in [1.807, 2.05) is 0 Å². The summed E-state index contributed by atoms with van der Waals surface area (Å²) >= 11 is 0. The smallest absolute Gasteiger partial charge is 0.137 e. The molecule has 1 aliphatic rings. The number of aliphatic hydroxyl groups is 1. The number of benzene rings is 2. The Hall–Kier alpha value is -1.85. The van der Waals surface area contributed by atoms with Crippen molar-refractivity contribution in [3.05, 3.63) is 60.2 Å². The number of nitrogens with zero attached hydrogens (tertiary/aromatic N) is 3. The van der Waals surface area contributed by atoms with Gasteiger partial charge in [-0.3, -0.25) is 0 Å². The fourth-order valence-electron chi connectivity index (χ4n) is 3.82. The van der Waals surface area contributed by atoms with Gasteiger partial charge in [0.05, 0.1) is 5.69 Å². The molecule has 0 radical (unpaired) electrons. The molecule has 2 heterocycles. The van der Waals surface area contributed by atoms with Gasteiger partial charge in [0.15, 0.2) is 0 Å². The van der Waals surface area contributed by atoms with Crippen LogP contribution in [-0.2, 0) is 6.42 Å². The second-order valence-corrected chi connectivity index (χ2v) is 7.14. The Balaban J connectivity index is 0.00000150. The van der Waals surface area contributed by atoms with Crippen molar-refractivity contribution in [3.8, 4) is 11.3 Å². The summed E-state index contributed by atoms with van der Waals surface area (Å²) in [4.78, 5) is 10.00. The van der Waals surface area contributed by atoms with E-state index in [9.17, 15) is 0 Å². The Labute approximate surface area is 185 Å². The van der Waals surface area contributed by atoms with Gasteiger partial charge in [-0.1, -0.05) is 55.5 Å². The molecule has 0 atom stereocenters. The van der Waals surface area contributed by atoms with E-state index < -0.39 is 0 Å². The van der Waals surface area contributed by atoms with Gasteiger partial charge in [-0.25, -0.2) is 4.98 Å². The minimum absolute atomic E-state index is 0. The highest BCUT2D eigenvalue weighted by Gasteiger charge is 2.19. The van der Waals surface area contributed by atoms with E-state index >= 15 is 0 Å². The van der Waals surface area contributed by atoms with E-state index in [0.29, 0.717) is 6.42 Å². The van der Waals surface area contributed by atoms with E-state index in [2.05, 4.69) is 71.3 Å². The predicted octanol–water partition coefficient (Wildman–Crippen LogP) is 4.42. The van der Waals surface area contributed by atoms with Crippen LogP contribution in [-0.4, -0.2) is 54.3 Å². The minimum atomic E-state index is 0. The Morgan fingerprint density at radius 3 is 2.28 bits per heavy atom. The van der Waals surface area contributed by atoms with Crippen LogP contribution >= 0.6 is 24.8 Å². The maximum Gasteiger partial charge on any atom is 0.137 e. The molecule has 1 N–H and O–H groups in total. The van der Waals surface area contributed by atoms with Crippen LogP contribution in [0.15, 0.2) is 54.6 Å². The molecule has 156 valence electrons. The molecule has 3 aromatic rings. The zero-order valence-corrected chi connectivity index (χ0v) is 18.4. The largest absolute Gasteiger partial charge is 0.396 e. The van der Waals surface area contributed by atoms with Crippen LogP contribution in [0.1, 0.15) is 12.5 Å². The quantitative estimate of drug-likeness (QED) is 0.645. The van der Waals surface area contributed by atoms with Crippen LogP contribution < -0.4 is 4.90 Å². The van der Waals surface area contributed by atoms with Gasteiger partial charge < -0.3 is 14.9 Å². The number of fused-ring (bicyclic) bond motifs is 1. The van der Waals surface area contributed by atoms with E-state index in [1.54, 1.807) is 0 Å². The van der Waals surface area contributed by atoms with Crippen molar-refractivity contribution in [2.45, 2.75) is 13.3 Å². The maximum absolute atomic E-state index is 9.12. The number of pyridine rings is 1. The molecule has 0 bridgehead atoms. The minimum Gasteiger partial charge on any atom is -0.396 e. The number of halogens is 2. The van der Waals surface area contributed by atoms with Crippen LogP contribution in [0.3, 0.4) is 0 Å². The molecule has 0 aliphatic carbocycles. The molecule has 1 aromatic heterocycles. The molecule has 0 spiro atoms. The van der Waals surface area contributed by atoms with Crippen molar-refractivity contribution in [2.24, 2.45) is 0 Å². The molecule has 6 heteroatoms. The summed E-state index contributed by atoms with van der Waals surface area (Å²) in [5, 5.41) is 11.6. The molecule has 29 heavy (non-hydrogen) atoms. The summed E-state index contributed by atoms with van der Waals surface area (Å²) in [7, 11) is 0. The Morgan fingerprint density at radius 2 is 1.62 bits per heavy atom. The normalized spacial score (nSPS) is 14.3. The van der Waals surface area contributed by atoms with Gasteiger partial charge in [0.1, 0.15) is 5.82 Å². The van der Waals surface area contributed by atoms with E-state index in [0.717, 1.165) is 55.4 Å². The molecule has 0 unspecified atom stereocenters. The number of rotatable bonds is 5. The number of anilines is 1. The van der Waals surface area contributed by atoms with Gasteiger partial charge in [0.25, 0.3) is 0 Å². The monoisotopic (exact) mass is 433 g/mol. The van der Waals surface area contributed by atoms with Crippen molar-refractivity contribution in [1.29, 1.82) is 0 Å². The second-order valence-electron chi connectivity index (χ2n) is 7.14. The summed E-state index contributed by atoms with van der Waals surface area (Å²) in [6.07, 6.45) is 0.693. The molecular formula is C23H29Cl2N3O. The van der Waals surface area contributed by atoms with Crippen LogP contribution in [0.5, 0.6) is 0 Å². The molecule has 2 aromatic carbocycles. The van der Waals surface area contributed by atoms with E-state index in [1.165, 1.54) is 10.8 Å². The first-order valence-corrected chi connectivity index (χ1v) is 9.85. The third kappa shape index (κ3) is 5.20. The van der Waals surface area contributed by atoms with Gasteiger partial charge in [-0.05, 0) is 30.0 Å². The summed E-state index contributed by atoms with van der Waals surface area (Å²) < 4.78 is 0. The Morgan fingerprint density at radius 1 is 0.931 bits per heavy atom. The number of aromatic nitrogens is 1. The van der Waals surface area contributed by atoms with Crippen LogP contribution in [0.4, 0.5) is 5.82 Å². The third-order valence-corrected chi connectivity index (χ3v) is 5.49. The molecule has 4 nitrogen and oxygen atoms in total. The fourth-order valence-corrected chi connectivity index (χ4v) is 3.82. The van der Waals surface area contributed by atoms with Crippen molar-refractivity contribution < 1.29 is 5.11 Å². The number of piperazine rings is 1. The SMILES string of the molecule is CCN1CCN(c2nc(-c3ccc(CCO)cc3)cc3ccccc23)CC1.Cl.Cl. The standard InChI is InChI=1S/C23H27N3O.2ClH/c1-2-25-12-14-26(15-13-25)23-21-6-4-3-5-20(21)17-22(24-23)19-9-7-18(8-10-19)11-16-27;;/h3-10,17,27H,2,11-16H2,1H3;2*1H. The maximum atomic E-state index is 9.12. The average Bonchev–Trinajstić information content (AvgIpc) is 2.74. The van der Waals surface area contributed by atoms with Crippen LogP contribution in [0.25, 0.3) is 22.0 Å². The predicted molar refractivity (Wildman–Crippen MR) is 127 cm³/mol. The van der Waals surface area contributed by atoms with E-state index in [4.69, 9.17) is 10.1 Å². The lowest BCUT2D eigenvalue weighted by Gasteiger charge is -2.35. The third-order valence-electron chi connectivity index (χ3n) is 5.49. The lowest BCUT2D eigenvalue weighted by atomic mass is 10.0. The van der Waals surface area contributed by atoms with Gasteiger partial charge in [-0.15, -0.1) is 24.8 Å². The van der Waals surface area contributed by atoms with Gasteiger partial charge >= 0.3 is 0 Å². The highest BCUT2D eigenvalue weighted by atomic mass is 35.5. The van der Waals surface area contributed by atoms with Crippen LogP contribution in [0, 0.1) is 0 Å². The summed E-state index contributed by atoms with van der Waals surface area (Å²) in [5.41, 5.74) is 3.28. The zero-order chi connectivity index (χ0) is 18.6. The summed E-state index contributed by atoms with van der Waals surface area (Å²) in [6, 6.07) is 19.1. The molecule has 1 fully saturated rings. The number of aliphatic hydroxyl groups excluding tert-OH is 1. The molecule has 0 amide bonds. The number of hydrogen-bond acceptors (Lipinski definition) is 4. The lowest BCUT2D eigenvalue weighted by Crippen LogP contribution is -2.46. The van der Waals surface area contributed by atoms with Gasteiger partial charge in [-0.2, -0.15) is 0 Å². The van der Waals surface area contributed by atoms with Gasteiger partial charge in [0, 0.05) is 43.7 Å². The molecule has 0 saturated carbocycles. The highest BCUT2D eigenvalue weighted by molar-refractivity contribution is 5.95. The first kappa shape index (κ1) is 23.4. The average molecular weight is 434 g/mol. The van der Waals surface area contributed by atoms with Crippen molar-refractivity contribution >= 4 is 41.4 Å². The second kappa shape index (κ2) is 10.8. The van der Waals surface area contributed by atoms with Crippen LogP contribution in [0.2, 0.25) is 0 Å². The van der Waals surface area contributed by atoms with E-state index in [-0.39, 0.29) is 31.4 Å². The first-order valence-electron chi connectivity index (χ1n) is 9.85. The summed E-state index contributed by atoms with van der Waals surface area (Å²) in [6.45, 7) is 7.74. The van der Waals surface area contributed by atoms with Crippen molar-refractivity contribution in [1.82, 2.24) is 9.88 Å². The van der Waals surface area contributed by atoms with Crippen molar-refractivity contribution in [3.63, 3.8) is 0 Å². The Kier molecular flexibility index (Phi) is 8.72. The number of likely N-dealkylation sites (N-methyl/N-ethyl adjacent to an activating group) is 1. The molecule has 1 saturated heterocycles. The number of hydrogen-bond donors (Lipinski definition) is 1. The first-order chi connectivity index (χ1) is 13.3. The van der Waals surface area contributed by atoms with Crippen molar-refractivity contribution in [2.75, 3.05) is 44.2 Å². The fraction of sp³-hybridized carbons (Fsp3) is 0.348. The molecule has 1 aliphatic heterocycles. The lowest BCUT2D eigenvalue weighted by molar-refractivity contribution is 0.271. The molecular weight excluding hydrogens is 405 g/mol. The van der Waals surface area contributed by atoms with Gasteiger partial charge in [0.2, 0.25) is 0 Å². The molecule has 4 rings (SSSR count).